The molecule has 0 unspecified atom stereocenters. The molecule has 8 heteroatoms. The van der Waals surface area contributed by atoms with Gasteiger partial charge in [0.25, 0.3) is 5.91 Å². The number of hydrogen-bond donors (Lipinski definition) is 0. The maximum Gasteiger partial charge on any atom is 0.316 e. The molecule has 0 aliphatic carbocycles. The highest BCUT2D eigenvalue weighted by atomic mass is 16.5. The SMILES string of the molecule is Cc1cc(C(=O)N2CC3(C[C@H](CCOc4nccc(C)n4)CCO3)C2)on1. The molecule has 0 bridgehead atoms. The van der Waals surface area contributed by atoms with Crippen LogP contribution in [0, 0.1) is 19.8 Å². The van der Waals surface area contributed by atoms with Crippen molar-refractivity contribution in [2.75, 3.05) is 26.3 Å². The second-order valence-corrected chi connectivity index (χ2v) is 7.50. The normalized spacial score (nSPS) is 21.1. The molecule has 2 aliphatic rings. The summed E-state index contributed by atoms with van der Waals surface area (Å²) in [6.07, 6.45) is 4.58. The molecule has 4 rings (SSSR count). The van der Waals surface area contributed by atoms with Crippen molar-refractivity contribution in [3.8, 4) is 6.01 Å². The number of ether oxygens (including phenoxy) is 2. The Morgan fingerprint density at radius 2 is 2.22 bits per heavy atom. The number of carbonyl (C=O) groups is 1. The Hall–Kier alpha value is -2.48. The van der Waals surface area contributed by atoms with Crippen LogP contribution in [0.5, 0.6) is 6.01 Å². The van der Waals surface area contributed by atoms with E-state index in [4.69, 9.17) is 14.0 Å². The average Bonchev–Trinajstić information content (AvgIpc) is 3.06. The highest BCUT2D eigenvalue weighted by molar-refractivity contribution is 5.92. The predicted octanol–water partition coefficient (Wildman–Crippen LogP) is 2.17. The molecule has 1 amide bonds. The van der Waals surface area contributed by atoms with E-state index in [1.165, 1.54) is 0 Å². The fourth-order valence-electron chi connectivity index (χ4n) is 3.82. The van der Waals surface area contributed by atoms with Gasteiger partial charge in [-0.05, 0) is 45.1 Å². The van der Waals surface area contributed by atoms with E-state index in [1.807, 2.05) is 13.0 Å². The van der Waals surface area contributed by atoms with Gasteiger partial charge in [-0.15, -0.1) is 0 Å². The van der Waals surface area contributed by atoms with Crippen LogP contribution in [0.1, 0.15) is 41.2 Å². The lowest BCUT2D eigenvalue weighted by molar-refractivity contribution is -0.167. The number of hydrogen-bond acceptors (Lipinski definition) is 7. The molecule has 2 aliphatic heterocycles. The lowest BCUT2D eigenvalue weighted by Crippen LogP contribution is -2.66. The molecule has 1 spiro atoms. The molecular formula is C19H24N4O4. The second-order valence-electron chi connectivity index (χ2n) is 7.50. The summed E-state index contributed by atoms with van der Waals surface area (Å²) in [4.78, 5) is 22.5. The zero-order valence-electron chi connectivity index (χ0n) is 15.7. The summed E-state index contributed by atoms with van der Waals surface area (Å²) in [5.74, 6) is 0.682. The van der Waals surface area contributed by atoms with Gasteiger partial charge in [0.05, 0.1) is 25.4 Å². The smallest absolute Gasteiger partial charge is 0.316 e. The third-order valence-electron chi connectivity index (χ3n) is 5.21. The van der Waals surface area contributed by atoms with Gasteiger partial charge in [0.15, 0.2) is 0 Å². The molecule has 2 aromatic rings. The minimum atomic E-state index is -0.229. The molecular weight excluding hydrogens is 348 g/mol. The Morgan fingerprint density at radius 3 is 2.96 bits per heavy atom. The fraction of sp³-hybridized carbons (Fsp3) is 0.579. The average molecular weight is 372 g/mol. The van der Waals surface area contributed by atoms with Gasteiger partial charge in [-0.1, -0.05) is 5.16 Å². The van der Waals surface area contributed by atoms with Crippen LogP contribution < -0.4 is 4.74 Å². The van der Waals surface area contributed by atoms with E-state index >= 15 is 0 Å². The van der Waals surface area contributed by atoms with Crippen molar-refractivity contribution < 1.29 is 18.8 Å². The quantitative estimate of drug-likeness (QED) is 0.794. The van der Waals surface area contributed by atoms with Gasteiger partial charge in [0, 0.05) is 24.6 Å². The summed E-state index contributed by atoms with van der Waals surface area (Å²) in [7, 11) is 0. The summed E-state index contributed by atoms with van der Waals surface area (Å²) in [5, 5.41) is 3.78. The molecule has 2 aromatic heterocycles. The van der Waals surface area contributed by atoms with Crippen LogP contribution in [0.3, 0.4) is 0 Å². The largest absolute Gasteiger partial charge is 0.463 e. The van der Waals surface area contributed by atoms with E-state index in [9.17, 15) is 4.79 Å². The lowest BCUT2D eigenvalue weighted by Gasteiger charge is -2.52. The first-order valence-corrected chi connectivity index (χ1v) is 9.32. The zero-order chi connectivity index (χ0) is 18.9. The molecule has 4 heterocycles. The van der Waals surface area contributed by atoms with Crippen molar-refractivity contribution in [2.24, 2.45) is 5.92 Å². The van der Waals surface area contributed by atoms with Gasteiger partial charge in [0.1, 0.15) is 5.60 Å². The molecule has 144 valence electrons. The minimum absolute atomic E-state index is 0.119. The monoisotopic (exact) mass is 372 g/mol. The van der Waals surface area contributed by atoms with Crippen molar-refractivity contribution in [3.05, 3.63) is 35.5 Å². The van der Waals surface area contributed by atoms with E-state index < -0.39 is 0 Å². The predicted molar refractivity (Wildman–Crippen MR) is 95.4 cm³/mol. The first kappa shape index (κ1) is 17.9. The Morgan fingerprint density at radius 1 is 1.37 bits per heavy atom. The Kier molecular flexibility index (Phi) is 4.82. The number of rotatable bonds is 5. The van der Waals surface area contributed by atoms with E-state index in [2.05, 4.69) is 15.1 Å². The summed E-state index contributed by atoms with van der Waals surface area (Å²) in [5.41, 5.74) is 1.37. The maximum atomic E-state index is 12.4. The molecule has 27 heavy (non-hydrogen) atoms. The van der Waals surface area contributed by atoms with E-state index in [1.54, 1.807) is 24.1 Å². The van der Waals surface area contributed by atoms with Crippen molar-refractivity contribution >= 4 is 5.91 Å². The molecule has 8 nitrogen and oxygen atoms in total. The van der Waals surface area contributed by atoms with Crippen molar-refractivity contribution in [1.82, 2.24) is 20.0 Å². The Labute approximate surface area is 157 Å². The molecule has 2 fully saturated rings. The highest BCUT2D eigenvalue weighted by Crippen LogP contribution is 2.38. The standard InChI is InChI=1S/C19H24N4O4/c1-13-3-6-20-18(21-13)25-7-4-15-5-8-26-19(10-15)11-23(12-19)17(24)16-9-14(2)22-27-16/h3,6,9,15H,4-5,7-8,10-12H2,1-2H3/t15-/m1/s1. The van der Waals surface area contributed by atoms with Crippen molar-refractivity contribution in [3.63, 3.8) is 0 Å². The zero-order valence-corrected chi connectivity index (χ0v) is 15.7. The van der Waals surface area contributed by atoms with E-state index in [-0.39, 0.29) is 11.5 Å². The third-order valence-corrected chi connectivity index (χ3v) is 5.21. The summed E-state index contributed by atoms with van der Waals surface area (Å²) in [6.45, 7) is 6.23. The van der Waals surface area contributed by atoms with Gasteiger partial charge in [-0.2, -0.15) is 0 Å². The van der Waals surface area contributed by atoms with Gasteiger partial charge < -0.3 is 18.9 Å². The van der Waals surface area contributed by atoms with Crippen molar-refractivity contribution in [1.29, 1.82) is 0 Å². The third kappa shape index (κ3) is 3.95. The summed E-state index contributed by atoms with van der Waals surface area (Å²) < 4.78 is 16.8. The maximum absolute atomic E-state index is 12.4. The first-order valence-electron chi connectivity index (χ1n) is 9.32. The minimum Gasteiger partial charge on any atom is -0.463 e. The number of amides is 1. The number of likely N-dealkylation sites (tertiary alicyclic amines) is 1. The lowest BCUT2D eigenvalue weighted by atomic mass is 9.79. The van der Waals surface area contributed by atoms with Crippen LogP contribution in [0.25, 0.3) is 0 Å². The van der Waals surface area contributed by atoms with E-state index in [0.29, 0.717) is 43.1 Å². The summed E-state index contributed by atoms with van der Waals surface area (Å²) >= 11 is 0. The number of carbonyl (C=O) groups excluding carboxylic acids is 1. The number of aryl methyl sites for hydroxylation is 2. The molecule has 0 aromatic carbocycles. The van der Waals surface area contributed by atoms with Crippen LogP contribution >= 0.6 is 0 Å². The Bertz CT molecular complexity index is 816. The molecule has 2 saturated heterocycles. The molecule has 0 saturated carbocycles. The van der Waals surface area contributed by atoms with Gasteiger partial charge in [-0.25, -0.2) is 9.97 Å². The van der Waals surface area contributed by atoms with Gasteiger partial charge in [0.2, 0.25) is 5.76 Å². The Balaban J connectivity index is 1.26. The molecule has 0 radical (unpaired) electrons. The van der Waals surface area contributed by atoms with E-state index in [0.717, 1.165) is 31.6 Å². The topological polar surface area (TPSA) is 90.6 Å². The number of nitrogens with zero attached hydrogens (tertiary/aromatic N) is 4. The second kappa shape index (κ2) is 7.26. The summed E-state index contributed by atoms with van der Waals surface area (Å²) in [6, 6.07) is 3.95. The molecule has 1 atom stereocenters. The fourth-order valence-corrected chi connectivity index (χ4v) is 3.82. The van der Waals surface area contributed by atoms with Crippen LogP contribution in [0.15, 0.2) is 22.9 Å². The van der Waals surface area contributed by atoms with Crippen LogP contribution in [-0.4, -0.2) is 57.8 Å². The van der Waals surface area contributed by atoms with Gasteiger partial charge in [-0.3, -0.25) is 4.79 Å². The van der Waals surface area contributed by atoms with Crippen molar-refractivity contribution in [2.45, 2.75) is 38.7 Å². The van der Waals surface area contributed by atoms with Crippen LogP contribution in [0.4, 0.5) is 0 Å². The molecule has 0 N–H and O–H groups in total. The first-order chi connectivity index (χ1) is 13.0. The van der Waals surface area contributed by atoms with Crippen LogP contribution in [-0.2, 0) is 4.74 Å². The van der Waals surface area contributed by atoms with Gasteiger partial charge >= 0.3 is 6.01 Å². The highest BCUT2D eigenvalue weighted by Gasteiger charge is 2.49. The van der Waals surface area contributed by atoms with Crippen LogP contribution in [0.2, 0.25) is 0 Å². The number of aromatic nitrogens is 3.